The maximum atomic E-state index is 12.2. The van der Waals surface area contributed by atoms with E-state index in [1.807, 2.05) is 31.3 Å². The number of amides is 2. The maximum Gasteiger partial charge on any atom is 0.262 e. The standard InChI is InChI=1S/C14H16N2O3/c1-15-8-9-2-4-10(5-3-9)16-13(17)11-6-7-12(19-11)14(16)18/h2-5,11-12,15H,6-8H2,1H3. The van der Waals surface area contributed by atoms with Crippen molar-refractivity contribution in [3.63, 3.8) is 0 Å². The van der Waals surface area contributed by atoms with E-state index in [0.717, 1.165) is 12.1 Å². The number of nitrogens with one attached hydrogen (secondary N) is 1. The molecule has 0 aliphatic carbocycles. The molecule has 1 aromatic rings. The van der Waals surface area contributed by atoms with Crippen molar-refractivity contribution in [3.8, 4) is 0 Å². The number of nitrogens with zero attached hydrogens (tertiary/aromatic N) is 1. The first-order chi connectivity index (χ1) is 9.20. The highest BCUT2D eigenvalue weighted by Gasteiger charge is 2.46. The van der Waals surface area contributed by atoms with Crippen molar-refractivity contribution in [1.29, 1.82) is 0 Å². The molecule has 0 radical (unpaired) electrons. The molecule has 5 nitrogen and oxygen atoms in total. The second-order valence-electron chi connectivity index (χ2n) is 4.90. The smallest absolute Gasteiger partial charge is 0.262 e. The van der Waals surface area contributed by atoms with Crippen LogP contribution in [-0.4, -0.2) is 31.1 Å². The molecule has 2 saturated heterocycles. The fraction of sp³-hybridized carbons (Fsp3) is 0.429. The molecule has 2 heterocycles. The normalized spacial score (nSPS) is 26.1. The third-order valence-corrected chi connectivity index (χ3v) is 3.59. The Morgan fingerprint density at radius 3 is 2.26 bits per heavy atom. The van der Waals surface area contributed by atoms with E-state index in [4.69, 9.17) is 4.74 Å². The molecule has 2 fully saturated rings. The van der Waals surface area contributed by atoms with E-state index < -0.39 is 12.2 Å². The van der Waals surface area contributed by atoms with Gasteiger partial charge in [0, 0.05) is 6.54 Å². The lowest BCUT2D eigenvalue weighted by atomic mass is 10.1. The van der Waals surface area contributed by atoms with Crippen molar-refractivity contribution in [2.24, 2.45) is 0 Å². The van der Waals surface area contributed by atoms with Crippen LogP contribution in [0.3, 0.4) is 0 Å². The molecular formula is C14H16N2O3. The Balaban J connectivity index is 1.88. The summed E-state index contributed by atoms with van der Waals surface area (Å²) in [6, 6.07) is 7.47. The van der Waals surface area contributed by atoms with Crippen molar-refractivity contribution in [2.75, 3.05) is 11.9 Å². The van der Waals surface area contributed by atoms with Gasteiger partial charge in [-0.15, -0.1) is 0 Å². The molecule has 5 heteroatoms. The van der Waals surface area contributed by atoms with Gasteiger partial charge in [0.15, 0.2) is 0 Å². The van der Waals surface area contributed by atoms with Crippen molar-refractivity contribution < 1.29 is 14.3 Å². The fourth-order valence-electron chi connectivity index (χ4n) is 2.62. The molecule has 1 N–H and O–H groups in total. The van der Waals surface area contributed by atoms with Gasteiger partial charge in [-0.05, 0) is 37.6 Å². The lowest BCUT2D eigenvalue weighted by Gasteiger charge is -2.29. The lowest BCUT2D eigenvalue weighted by molar-refractivity contribution is -0.146. The number of hydrogen-bond acceptors (Lipinski definition) is 4. The minimum Gasteiger partial charge on any atom is -0.355 e. The first-order valence-corrected chi connectivity index (χ1v) is 6.47. The van der Waals surface area contributed by atoms with E-state index >= 15 is 0 Å². The molecule has 100 valence electrons. The zero-order chi connectivity index (χ0) is 13.4. The largest absolute Gasteiger partial charge is 0.355 e. The topological polar surface area (TPSA) is 58.6 Å². The summed E-state index contributed by atoms with van der Waals surface area (Å²) >= 11 is 0. The number of anilines is 1. The minimum absolute atomic E-state index is 0.236. The second kappa shape index (κ2) is 4.75. The molecule has 0 aromatic heterocycles. The van der Waals surface area contributed by atoms with Gasteiger partial charge in [-0.2, -0.15) is 0 Å². The summed E-state index contributed by atoms with van der Waals surface area (Å²) in [6.07, 6.45) is 0.395. The van der Waals surface area contributed by atoms with Crippen molar-refractivity contribution in [2.45, 2.75) is 31.6 Å². The summed E-state index contributed by atoms with van der Waals surface area (Å²) < 4.78 is 5.39. The predicted octanol–water partition coefficient (Wildman–Crippen LogP) is 0.827. The number of carbonyl (C=O) groups is 2. The maximum absolute atomic E-state index is 12.2. The van der Waals surface area contributed by atoms with Gasteiger partial charge >= 0.3 is 0 Å². The molecule has 3 rings (SSSR count). The number of ether oxygens (including phenoxy) is 1. The number of imide groups is 1. The first kappa shape index (κ1) is 12.3. The van der Waals surface area contributed by atoms with Crippen molar-refractivity contribution in [3.05, 3.63) is 29.8 Å². The SMILES string of the molecule is CNCc1ccc(N2C(=O)C3CCC(O3)C2=O)cc1. The van der Waals surface area contributed by atoms with Gasteiger partial charge in [0.05, 0.1) is 5.69 Å². The first-order valence-electron chi connectivity index (χ1n) is 6.47. The van der Waals surface area contributed by atoms with E-state index in [1.165, 1.54) is 4.90 Å². The summed E-state index contributed by atoms with van der Waals surface area (Å²) in [6.45, 7) is 0.760. The summed E-state index contributed by atoms with van der Waals surface area (Å²) in [7, 11) is 1.88. The van der Waals surface area contributed by atoms with E-state index in [2.05, 4.69) is 5.32 Å². The van der Waals surface area contributed by atoms with Gasteiger partial charge in [0.25, 0.3) is 11.8 Å². The Hall–Kier alpha value is -1.72. The van der Waals surface area contributed by atoms with Gasteiger partial charge in [0.1, 0.15) is 12.2 Å². The molecule has 2 aliphatic heterocycles. The zero-order valence-electron chi connectivity index (χ0n) is 10.8. The van der Waals surface area contributed by atoms with Gasteiger partial charge in [-0.3, -0.25) is 9.59 Å². The molecule has 2 bridgehead atoms. The van der Waals surface area contributed by atoms with Crippen LogP contribution in [0.5, 0.6) is 0 Å². The highest BCUT2D eigenvalue weighted by atomic mass is 16.5. The second-order valence-corrected chi connectivity index (χ2v) is 4.90. The number of carbonyl (C=O) groups excluding carboxylic acids is 2. The Kier molecular flexibility index (Phi) is 3.08. The van der Waals surface area contributed by atoms with Crippen LogP contribution >= 0.6 is 0 Å². The molecule has 2 unspecified atom stereocenters. The van der Waals surface area contributed by atoms with Crippen LogP contribution in [0.1, 0.15) is 18.4 Å². The Morgan fingerprint density at radius 1 is 1.16 bits per heavy atom. The van der Waals surface area contributed by atoms with Crippen LogP contribution in [0.15, 0.2) is 24.3 Å². The van der Waals surface area contributed by atoms with Gasteiger partial charge < -0.3 is 10.1 Å². The van der Waals surface area contributed by atoms with E-state index in [1.54, 1.807) is 0 Å². The van der Waals surface area contributed by atoms with Crippen LogP contribution in [0, 0.1) is 0 Å². The quantitative estimate of drug-likeness (QED) is 0.818. The molecule has 2 atom stereocenters. The molecule has 1 aromatic carbocycles. The third kappa shape index (κ3) is 2.05. The fourth-order valence-corrected chi connectivity index (χ4v) is 2.62. The molecule has 0 saturated carbocycles. The molecule has 2 aliphatic rings. The van der Waals surface area contributed by atoms with Crippen LogP contribution in [0.25, 0.3) is 0 Å². The Bertz CT molecular complexity index is 490. The molecular weight excluding hydrogens is 244 g/mol. The van der Waals surface area contributed by atoms with Crippen LogP contribution in [-0.2, 0) is 20.9 Å². The Labute approximate surface area is 111 Å². The minimum atomic E-state index is -0.445. The van der Waals surface area contributed by atoms with Crippen molar-refractivity contribution in [1.82, 2.24) is 5.32 Å². The number of morpholine rings is 1. The number of benzene rings is 1. The summed E-state index contributed by atoms with van der Waals surface area (Å²) in [5.41, 5.74) is 1.75. The average Bonchev–Trinajstić information content (AvgIpc) is 2.86. The zero-order valence-corrected chi connectivity index (χ0v) is 10.8. The summed E-state index contributed by atoms with van der Waals surface area (Å²) in [4.78, 5) is 25.6. The van der Waals surface area contributed by atoms with Gasteiger partial charge in [0.2, 0.25) is 0 Å². The van der Waals surface area contributed by atoms with Crippen LogP contribution in [0.2, 0.25) is 0 Å². The predicted molar refractivity (Wildman–Crippen MR) is 69.6 cm³/mol. The average molecular weight is 260 g/mol. The highest BCUT2D eigenvalue weighted by molar-refractivity contribution is 6.19. The van der Waals surface area contributed by atoms with E-state index in [0.29, 0.717) is 18.5 Å². The third-order valence-electron chi connectivity index (χ3n) is 3.59. The number of rotatable bonds is 3. The molecule has 0 spiro atoms. The lowest BCUT2D eigenvalue weighted by Crippen LogP contribution is -2.52. The van der Waals surface area contributed by atoms with E-state index in [-0.39, 0.29) is 11.8 Å². The highest BCUT2D eigenvalue weighted by Crippen LogP contribution is 2.31. The molecule has 19 heavy (non-hydrogen) atoms. The van der Waals surface area contributed by atoms with Crippen LogP contribution in [0.4, 0.5) is 5.69 Å². The van der Waals surface area contributed by atoms with Crippen LogP contribution < -0.4 is 10.2 Å². The van der Waals surface area contributed by atoms with Crippen molar-refractivity contribution >= 4 is 17.5 Å². The summed E-state index contributed by atoms with van der Waals surface area (Å²) in [5, 5.41) is 3.06. The summed E-state index contributed by atoms with van der Waals surface area (Å²) in [5.74, 6) is -0.472. The van der Waals surface area contributed by atoms with E-state index in [9.17, 15) is 9.59 Å². The molecule has 2 amide bonds. The Morgan fingerprint density at radius 2 is 1.74 bits per heavy atom. The number of fused-ring (bicyclic) bond motifs is 2. The van der Waals surface area contributed by atoms with Gasteiger partial charge in [-0.25, -0.2) is 4.90 Å². The monoisotopic (exact) mass is 260 g/mol. The van der Waals surface area contributed by atoms with Gasteiger partial charge in [-0.1, -0.05) is 12.1 Å². The number of hydrogen-bond donors (Lipinski definition) is 1.